The Balaban J connectivity index is 1.41. The van der Waals surface area contributed by atoms with Crippen LogP contribution in [0.5, 0.6) is 5.75 Å². The molecule has 30 heavy (non-hydrogen) atoms. The first kappa shape index (κ1) is 19.9. The molecule has 156 valence electrons. The number of ether oxygens (including phenoxy) is 1. The highest BCUT2D eigenvalue weighted by Gasteiger charge is 2.34. The normalized spacial score (nSPS) is 16.6. The van der Waals surface area contributed by atoms with Crippen LogP contribution in [-0.4, -0.2) is 50.4 Å². The molecular weight excluding hydrogens is 399 g/mol. The second-order valence-electron chi connectivity index (χ2n) is 7.00. The van der Waals surface area contributed by atoms with Crippen LogP contribution in [0.4, 0.5) is 13.2 Å². The van der Waals surface area contributed by atoms with Crippen LogP contribution in [0.15, 0.2) is 48.8 Å². The predicted octanol–water partition coefficient (Wildman–Crippen LogP) is 3.47. The van der Waals surface area contributed by atoms with Crippen molar-refractivity contribution in [1.82, 2.24) is 25.1 Å². The van der Waals surface area contributed by atoms with Gasteiger partial charge in [0.25, 0.3) is 5.91 Å². The van der Waals surface area contributed by atoms with Crippen LogP contribution in [0.25, 0.3) is 11.4 Å². The second-order valence-corrected chi connectivity index (χ2v) is 7.00. The fourth-order valence-corrected chi connectivity index (χ4v) is 3.50. The number of aromatic amines is 1. The van der Waals surface area contributed by atoms with Gasteiger partial charge in [-0.3, -0.25) is 14.9 Å². The Kier molecular flexibility index (Phi) is 5.39. The summed E-state index contributed by atoms with van der Waals surface area (Å²) in [6.07, 6.45) is -0.223. The number of hydrogen-bond acceptors (Lipinski definition) is 5. The zero-order valence-electron chi connectivity index (χ0n) is 15.8. The standard InChI is InChI=1S/C20H18F3N5O2/c21-20(22,23)30-16-6-2-1-5-15(16)19(29)28-9-7-13(12-28)10-17-25-18(27-26-17)14-4-3-8-24-11-14/h1-6,8,11,13H,7,9-10,12H2,(H,25,26,27). The summed E-state index contributed by atoms with van der Waals surface area (Å²) in [6.45, 7) is 0.871. The van der Waals surface area contributed by atoms with E-state index in [1.54, 1.807) is 23.4 Å². The van der Waals surface area contributed by atoms with E-state index in [0.29, 0.717) is 31.2 Å². The summed E-state index contributed by atoms with van der Waals surface area (Å²) in [6, 6.07) is 9.05. The van der Waals surface area contributed by atoms with Crippen molar-refractivity contribution in [1.29, 1.82) is 0 Å². The molecule has 7 nitrogen and oxygen atoms in total. The number of likely N-dealkylation sites (tertiary alicyclic amines) is 1. The minimum absolute atomic E-state index is 0.103. The Hall–Kier alpha value is -3.43. The van der Waals surface area contributed by atoms with Crippen LogP contribution >= 0.6 is 0 Å². The number of aromatic nitrogens is 4. The molecule has 0 saturated carbocycles. The monoisotopic (exact) mass is 417 g/mol. The number of hydrogen-bond donors (Lipinski definition) is 1. The van der Waals surface area contributed by atoms with Crippen molar-refractivity contribution in [2.24, 2.45) is 5.92 Å². The van der Waals surface area contributed by atoms with E-state index in [9.17, 15) is 18.0 Å². The quantitative estimate of drug-likeness (QED) is 0.687. The van der Waals surface area contributed by atoms with Gasteiger partial charge < -0.3 is 9.64 Å². The summed E-state index contributed by atoms with van der Waals surface area (Å²) in [7, 11) is 0. The first-order valence-electron chi connectivity index (χ1n) is 9.35. The van der Waals surface area contributed by atoms with Crippen molar-refractivity contribution in [3.63, 3.8) is 0 Å². The van der Waals surface area contributed by atoms with Crippen molar-refractivity contribution < 1.29 is 22.7 Å². The summed E-state index contributed by atoms with van der Waals surface area (Å²) in [4.78, 5) is 22.8. The highest BCUT2D eigenvalue weighted by atomic mass is 19.4. The number of alkyl halides is 3. The van der Waals surface area contributed by atoms with Crippen molar-refractivity contribution in [3.05, 3.63) is 60.2 Å². The number of nitrogens with zero attached hydrogens (tertiary/aromatic N) is 4. The molecule has 1 aromatic carbocycles. The molecule has 3 aromatic rings. The van der Waals surface area contributed by atoms with E-state index in [1.165, 1.54) is 18.2 Å². The number of amides is 1. The first-order valence-corrected chi connectivity index (χ1v) is 9.35. The van der Waals surface area contributed by atoms with Crippen molar-refractivity contribution >= 4 is 5.91 Å². The Morgan fingerprint density at radius 1 is 1.23 bits per heavy atom. The fraction of sp³-hybridized carbons (Fsp3) is 0.300. The van der Waals surface area contributed by atoms with Gasteiger partial charge in [-0.15, -0.1) is 13.2 Å². The molecule has 1 aliphatic rings. The third kappa shape index (κ3) is 4.58. The zero-order valence-corrected chi connectivity index (χ0v) is 15.8. The lowest BCUT2D eigenvalue weighted by atomic mass is 10.0. The number of rotatable bonds is 5. The molecule has 10 heteroatoms. The Morgan fingerprint density at radius 2 is 2.07 bits per heavy atom. The first-order chi connectivity index (χ1) is 14.4. The molecular formula is C20H18F3N5O2. The average Bonchev–Trinajstić information content (AvgIpc) is 3.38. The van der Waals surface area contributed by atoms with Crippen LogP contribution < -0.4 is 4.74 Å². The molecule has 0 aliphatic carbocycles. The third-order valence-electron chi connectivity index (χ3n) is 4.85. The minimum Gasteiger partial charge on any atom is -0.405 e. The van der Waals surface area contributed by atoms with E-state index in [4.69, 9.17) is 0 Å². The van der Waals surface area contributed by atoms with Crippen molar-refractivity contribution in [3.8, 4) is 17.1 Å². The van der Waals surface area contributed by atoms with Gasteiger partial charge in [-0.2, -0.15) is 5.10 Å². The molecule has 1 aliphatic heterocycles. The smallest absolute Gasteiger partial charge is 0.405 e. The van der Waals surface area contributed by atoms with Crippen LogP contribution in [0.3, 0.4) is 0 Å². The number of nitrogens with one attached hydrogen (secondary N) is 1. The largest absolute Gasteiger partial charge is 0.573 e. The van der Waals surface area contributed by atoms with E-state index >= 15 is 0 Å². The van der Waals surface area contributed by atoms with Gasteiger partial charge in [-0.05, 0) is 36.6 Å². The summed E-state index contributed by atoms with van der Waals surface area (Å²) in [5, 5.41) is 7.10. The minimum atomic E-state index is -4.86. The maximum atomic E-state index is 12.8. The van der Waals surface area contributed by atoms with Gasteiger partial charge in [0.2, 0.25) is 0 Å². The molecule has 1 unspecified atom stereocenters. The lowest BCUT2D eigenvalue weighted by molar-refractivity contribution is -0.274. The Morgan fingerprint density at radius 3 is 2.83 bits per heavy atom. The molecule has 1 saturated heterocycles. The van der Waals surface area contributed by atoms with Gasteiger partial charge >= 0.3 is 6.36 Å². The highest BCUT2D eigenvalue weighted by molar-refractivity contribution is 5.97. The van der Waals surface area contributed by atoms with E-state index in [2.05, 4.69) is 24.9 Å². The van der Waals surface area contributed by atoms with Gasteiger partial charge in [0.15, 0.2) is 5.82 Å². The lowest BCUT2D eigenvalue weighted by Crippen LogP contribution is -2.30. The zero-order chi connectivity index (χ0) is 21.1. The molecule has 1 fully saturated rings. The summed E-state index contributed by atoms with van der Waals surface area (Å²) in [5.41, 5.74) is 0.693. The molecule has 1 N–H and O–H groups in total. The molecule has 0 spiro atoms. The topological polar surface area (TPSA) is 84.0 Å². The molecule has 1 atom stereocenters. The Labute approximate surface area is 169 Å². The van der Waals surface area contributed by atoms with Crippen LogP contribution in [0, 0.1) is 5.92 Å². The Bertz CT molecular complexity index is 1020. The van der Waals surface area contributed by atoms with Crippen molar-refractivity contribution in [2.45, 2.75) is 19.2 Å². The van der Waals surface area contributed by atoms with Gasteiger partial charge in [-0.25, -0.2) is 4.98 Å². The SMILES string of the molecule is O=C(c1ccccc1OC(F)(F)F)N1CCC(Cc2nc(-c3cccnc3)n[nH]2)C1. The van der Waals surface area contributed by atoms with Crippen molar-refractivity contribution in [2.75, 3.05) is 13.1 Å². The summed E-state index contributed by atoms with van der Waals surface area (Å²) in [5.74, 6) is 0.385. The van der Waals surface area contributed by atoms with E-state index in [-0.39, 0.29) is 11.5 Å². The van der Waals surface area contributed by atoms with Gasteiger partial charge in [0.1, 0.15) is 11.6 Å². The molecule has 0 bridgehead atoms. The predicted molar refractivity (Wildman–Crippen MR) is 100 cm³/mol. The molecule has 1 amide bonds. The van der Waals surface area contributed by atoms with Gasteiger partial charge in [0.05, 0.1) is 5.56 Å². The summed E-state index contributed by atoms with van der Waals surface area (Å²) < 4.78 is 41.9. The van der Waals surface area contributed by atoms with E-state index in [1.807, 2.05) is 6.07 Å². The number of pyridine rings is 1. The lowest BCUT2D eigenvalue weighted by Gasteiger charge is -2.19. The van der Waals surface area contributed by atoms with Crippen LogP contribution in [0.1, 0.15) is 22.6 Å². The number of carbonyl (C=O) groups is 1. The number of halogens is 3. The molecule has 4 rings (SSSR count). The highest BCUT2D eigenvalue weighted by Crippen LogP contribution is 2.29. The number of carbonyl (C=O) groups excluding carboxylic acids is 1. The average molecular weight is 417 g/mol. The van der Waals surface area contributed by atoms with E-state index < -0.39 is 18.0 Å². The van der Waals surface area contributed by atoms with Gasteiger partial charge in [0, 0.05) is 37.5 Å². The molecule has 2 aromatic heterocycles. The molecule has 0 radical (unpaired) electrons. The van der Waals surface area contributed by atoms with Crippen LogP contribution in [0.2, 0.25) is 0 Å². The summed E-state index contributed by atoms with van der Waals surface area (Å²) >= 11 is 0. The second kappa shape index (κ2) is 8.13. The van der Waals surface area contributed by atoms with E-state index in [0.717, 1.165) is 18.1 Å². The number of benzene rings is 1. The molecule has 3 heterocycles. The van der Waals surface area contributed by atoms with Gasteiger partial charge in [-0.1, -0.05) is 12.1 Å². The number of H-pyrrole nitrogens is 1. The number of para-hydroxylation sites is 1. The maximum absolute atomic E-state index is 12.8. The van der Waals surface area contributed by atoms with Crippen LogP contribution in [-0.2, 0) is 6.42 Å². The maximum Gasteiger partial charge on any atom is 0.573 e. The third-order valence-corrected chi connectivity index (χ3v) is 4.85. The fourth-order valence-electron chi connectivity index (χ4n) is 3.50.